The molecule has 19 heavy (non-hydrogen) atoms. The maximum absolute atomic E-state index is 10.4. The van der Waals surface area contributed by atoms with Crippen molar-refractivity contribution in [3.63, 3.8) is 0 Å². The summed E-state index contributed by atoms with van der Waals surface area (Å²) >= 11 is 0. The maximum atomic E-state index is 10.4. The highest BCUT2D eigenvalue weighted by atomic mass is 16.3. The molecule has 0 fully saturated rings. The first kappa shape index (κ1) is 13.7. The minimum absolute atomic E-state index is 0.341. The Kier molecular flexibility index (Phi) is 4.25. The Morgan fingerprint density at radius 2 is 1.89 bits per heavy atom. The molecule has 3 nitrogen and oxygen atoms in total. The van der Waals surface area contributed by atoms with Crippen LogP contribution in [0.15, 0.2) is 30.3 Å². The largest absolute Gasteiger partial charge is 0.504 e. The highest BCUT2D eigenvalue weighted by molar-refractivity contribution is 5.67. The third kappa shape index (κ3) is 2.98. The molecule has 1 heterocycles. The second-order valence-electron chi connectivity index (χ2n) is 5.34. The minimum Gasteiger partial charge on any atom is -0.504 e. The molecule has 0 aliphatic heterocycles. The van der Waals surface area contributed by atoms with E-state index in [1.165, 1.54) is 0 Å². The van der Waals surface area contributed by atoms with Gasteiger partial charge in [0.2, 0.25) is 0 Å². The lowest BCUT2D eigenvalue weighted by Crippen LogP contribution is -2.09. The van der Waals surface area contributed by atoms with Crippen molar-refractivity contribution in [2.75, 3.05) is 0 Å². The molecule has 3 heteroatoms. The second kappa shape index (κ2) is 5.91. The molecular weight excluding hydrogens is 236 g/mol. The Bertz CT molecular complexity index is 529. The van der Waals surface area contributed by atoms with Gasteiger partial charge in [0.15, 0.2) is 5.75 Å². The van der Waals surface area contributed by atoms with Crippen molar-refractivity contribution in [1.29, 1.82) is 0 Å². The van der Waals surface area contributed by atoms with Crippen LogP contribution < -0.4 is 0 Å². The Labute approximate surface area is 114 Å². The number of nitrogens with zero attached hydrogens (tertiary/aromatic N) is 2. The summed E-state index contributed by atoms with van der Waals surface area (Å²) in [5.74, 6) is 0.854. The van der Waals surface area contributed by atoms with E-state index in [1.54, 1.807) is 0 Å². The van der Waals surface area contributed by atoms with Crippen molar-refractivity contribution in [3.05, 3.63) is 36.0 Å². The molecule has 102 valence electrons. The molecular formula is C16H22N2O. The average molecular weight is 258 g/mol. The van der Waals surface area contributed by atoms with Crippen LogP contribution in [0.5, 0.6) is 5.75 Å². The molecule has 0 amide bonds. The van der Waals surface area contributed by atoms with Crippen LogP contribution in [0.4, 0.5) is 0 Å². The normalized spacial score (nSPS) is 11.2. The molecule has 0 aliphatic rings. The lowest BCUT2D eigenvalue weighted by atomic mass is 10.1. The van der Waals surface area contributed by atoms with E-state index in [-0.39, 0.29) is 0 Å². The standard InChI is InChI=1S/C16H22N2O/c1-4-8-14-16(19)15(13-9-6-5-7-10-13)17-18(14)11-12(2)3/h5-7,9-10,12,19H,4,8,11H2,1-3H3. The van der Waals surface area contributed by atoms with Crippen LogP contribution in [0, 0.1) is 5.92 Å². The van der Waals surface area contributed by atoms with Crippen molar-refractivity contribution < 1.29 is 5.11 Å². The zero-order valence-corrected chi connectivity index (χ0v) is 11.9. The van der Waals surface area contributed by atoms with Gasteiger partial charge in [-0.2, -0.15) is 5.10 Å². The lowest BCUT2D eigenvalue weighted by molar-refractivity contribution is 0.443. The Hall–Kier alpha value is -1.77. The fraction of sp³-hybridized carbons (Fsp3) is 0.438. The Morgan fingerprint density at radius 1 is 1.21 bits per heavy atom. The molecule has 0 saturated heterocycles. The summed E-state index contributed by atoms with van der Waals surface area (Å²) in [6.07, 6.45) is 1.87. The smallest absolute Gasteiger partial charge is 0.164 e. The fourth-order valence-corrected chi connectivity index (χ4v) is 2.26. The summed E-state index contributed by atoms with van der Waals surface area (Å²) < 4.78 is 1.96. The molecule has 1 aromatic heterocycles. The number of rotatable bonds is 5. The molecule has 0 aliphatic carbocycles. The van der Waals surface area contributed by atoms with Gasteiger partial charge in [0.05, 0.1) is 5.69 Å². The molecule has 1 aromatic carbocycles. The van der Waals surface area contributed by atoms with Crippen LogP contribution in [0.2, 0.25) is 0 Å². The van der Waals surface area contributed by atoms with Gasteiger partial charge >= 0.3 is 0 Å². The van der Waals surface area contributed by atoms with E-state index in [1.807, 2.05) is 35.0 Å². The minimum atomic E-state index is 0.341. The van der Waals surface area contributed by atoms with Gasteiger partial charge in [-0.1, -0.05) is 57.5 Å². The summed E-state index contributed by atoms with van der Waals surface area (Å²) in [5, 5.41) is 15.0. The van der Waals surface area contributed by atoms with Gasteiger partial charge in [0, 0.05) is 12.1 Å². The first-order valence-electron chi connectivity index (χ1n) is 6.97. The number of aromatic hydroxyl groups is 1. The number of hydrogen-bond donors (Lipinski definition) is 1. The zero-order chi connectivity index (χ0) is 13.8. The molecule has 0 spiro atoms. The monoisotopic (exact) mass is 258 g/mol. The van der Waals surface area contributed by atoms with E-state index in [2.05, 4.69) is 25.9 Å². The van der Waals surface area contributed by atoms with Crippen LogP contribution in [0.25, 0.3) is 11.3 Å². The highest BCUT2D eigenvalue weighted by Crippen LogP contribution is 2.32. The Morgan fingerprint density at radius 3 is 2.47 bits per heavy atom. The third-order valence-electron chi connectivity index (χ3n) is 3.10. The van der Waals surface area contributed by atoms with Crippen LogP contribution >= 0.6 is 0 Å². The summed E-state index contributed by atoms with van der Waals surface area (Å²) in [6.45, 7) is 7.29. The van der Waals surface area contributed by atoms with Crippen molar-refractivity contribution >= 4 is 0 Å². The average Bonchev–Trinajstić information content (AvgIpc) is 2.68. The van der Waals surface area contributed by atoms with Gasteiger partial charge in [-0.05, 0) is 12.3 Å². The number of hydrogen-bond acceptors (Lipinski definition) is 2. The fourth-order valence-electron chi connectivity index (χ4n) is 2.26. The Balaban J connectivity index is 2.45. The van der Waals surface area contributed by atoms with Crippen LogP contribution in [0.1, 0.15) is 32.9 Å². The molecule has 0 radical (unpaired) electrons. The lowest BCUT2D eigenvalue weighted by Gasteiger charge is -2.08. The topological polar surface area (TPSA) is 38.1 Å². The van der Waals surface area contributed by atoms with E-state index in [0.717, 1.165) is 30.6 Å². The van der Waals surface area contributed by atoms with E-state index in [4.69, 9.17) is 0 Å². The van der Waals surface area contributed by atoms with Gasteiger partial charge in [-0.15, -0.1) is 0 Å². The van der Waals surface area contributed by atoms with E-state index >= 15 is 0 Å². The molecule has 0 bridgehead atoms. The van der Waals surface area contributed by atoms with Crippen molar-refractivity contribution in [1.82, 2.24) is 9.78 Å². The summed E-state index contributed by atoms with van der Waals surface area (Å²) in [5.41, 5.74) is 2.62. The highest BCUT2D eigenvalue weighted by Gasteiger charge is 2.18. The van der Waals surface area contributed by atoms with Crippen LogP contribution in [-0.2, 0) is 13.0 Å². The quantitative estimate of drug-likeness (QED) is 0.884. The first-order valence-corrected chi connectivity index (χ1v) is 6.97. The van der Waals surface area contributed by atoms with Crippen LogP contribution in [0.3, 0.4) is 0 Å². The van der Waals surface area contributed by atoms with Crippen molar-refractivity contribution in [2.45, 2.75) is 40.2 Å². The van der Waals surface area contributed by atoms with Crippen molar-refractivity contribution in [3.8, 4) is 17.0 Å². The van der Waals surface area contributed by atoms with Crippen molar-refractivity contribution in [2.24, 2.45) is 5.92 Å². The first-order chi connectivity index (χ1) is 9.13. The zero-order valence-electron chi connectivity index (χ0n) is 11.9. The van der Waals surface area contributed by atoms with E-state index in [9.17, 15) is 5.11 Å². The molecule has 0 saturated carbocycles. The van der Waals surface area contributed by atoms with E-state index in [0.29, 0.717) is 17.4 Å². The predicted octanol–water partition coefficient (Wildman–Crippen LogP) is 3.86. The summed E-state index contributed by atoms with van der Waals surface area (Å²) in [4.78, 5) is 0. The number of aromatic nitrogens is 2. The van der Waals surface area contributed by atoms with Gasteiger partial charge < -0.3 is 5.11 Å². The van der Waals surface area contributed by atoms with Gasteiger partial charge in [0.1, 0.15) is 5.69 Å². The van der Waals surface area contributed by atoms with E-state index < -0.39 is 0 Å². The van der Waals surface area contributed by atoms with Crippen LogP contribution in [-0.4, -0.2) is 14.9 Å². The molecule has 1 N–H and O–H groups in total. The molecule has 0 atom stereocenters. The predicted molar refractivity (Wildman–Crippen MR) is 78.2 cm³/mol. The molecule has 2 rings (SSSR count). The van der Waals surface area contributed by atoms with Gasteiger partial charge in [-0.25, -0.2) is 0 Å². The molecule has 2 aromatic rings. The summed E-state index contributed by atoms with van der Waals surface area (Å²) in [6, 6.07) is 9.87. The summed E-state index contributed by atoms with van der Waals surface area (Å²) in [7, 11) is 0. The number of benzene rings is 1. The molecule has 0 unspecified atom stereocenters. The van der Waals surface area contributed by atoms with Gasteiger partial charge in [-0.3, -0.25) is 4.68 Å². The van der Waals surface area contributed by atoms with Gasteiger partial charge in [0.25, 0.3) is 0 Å². The third-order valence-corrected chi connectivity index (χ3v) is 3.10. The maximum Gasteiger partial charge on any atom is 0.164 e. The SMILES string of the molecule is CCCc1c(O)c(-c2ccccc2)nn1CC(C)C. The second-order valence-corrected chi connectivity index (χ2v) is 5.34.